The van der Waals surface area contributed by atoms with Gasteiger partial charge in [-0.25, -0.2) is 0 Å². The molecule has 0 saturated carbocycles. The second-order valence-electron chi connectivity index (χ2n) is 7.89. The molecule has 0 heterocycles. The van der Waals surface area contributed by atoms with Gasteiger partial charge in [0.1, 0.15) is 0 Å². The maximum atomic E-state index is 6.09. The third-order valence-electron chi connectivity index (χ3n) is 4.48. The van der Waals surface area contributed by atoms with Gasteiger partial charge < -0.3 is 0 Å². The second kappa shape index (κ2) is 14.3. The van der Waals surface area contributed by atoms with Crippen LogP contribution in [0.2, 0.25) is 0 Å². The van der Waals surface area contributed by atoms with Crippen molar-refractivity contribution in [3.8, 4) is 0 Å². The van der Waals surface area contributed by atoms with Crippen LogP contribution in [0.15, 0.2) is 0 Å². The molecule has 0 fully saturated rings. The van der Waals surface area contributed by atoms with Crippen LogP contribution in [0.5, 0.6) is 0 Å². The summed E-state index contributed by atoms with van der Waals surface area (Å²) in [5.41, 5.74) is 0. The summed E-state index contributed by atoms with van der Waals surface area (Å²) in [5, 5.41) is 0. The Bertz CT molecular complexity index is 383. The van der Waals surface area contributed by atoms with Crippen LogP contribution in [0.4, 0.5) is 0 Å². The first-order valence-electron chi connectivity index (χ1n) is 10.1. The van der Waals surface area contributed by atoms with E-state index in [0.717, 1.165) is 7.06 Å². The first-order valence-corrected chi connectivity index (χ1v) is 12.1. The molecule has 0 nitrogen and oxygen atoms in total. The van der Waals surface area contributed by atoms with E-state index in [-0.39, 0.29) is 0 Å². The van der Waals surface area contributed by atoms with E-state index in [0.29, 0.717) is 18.5 Å². The molecular weight excluding hydrogens is 272 g/mol. The molecule has 0 rings (SSSR count). The number of hydrogen-bond acceptors (Lipinski definition) is 0. The average Bonchev–Trinajstić information content (AvgIpc) is 2.47. The summed E-state index contributed by atoms with van der Waals surface area (Å²) in [6, 6.07) is 5.32. The van der Waals surface area contributed by atoms with E-state index >= 15 is 0 Å². The van der Waals surface area contributed by atoms with Crippen molar-refractivity contribution < 1.29 is 0 Å². The van der Waals surface area contributed by atoms with Crippen LogP contribution in [0.1, 0.15) is 58.3 Å². The van der Waals surface area contributed by atoms with Gasteiger partial charge in [0, 0.05) is 0 Å². The zero-order valence-electron chi connectivity index (χ0n) is 16.9. The van der Waals surface area contributed by atoms with E-state index in [2.05, 4.69) is 57.7 Å². The van der Waals surface area contributed by atoms with Crippen molar-refractivity contribution >= 4 is 92.9 Å². The fourth-order valence-corrected chi connectivity index (χ4v) is 7.72. The van der Waals surface area contributed by atoms with E-state index in [9.17, 15) is 0 Å². The Labute approximate surface area is 156 Å². The molecule has 115 valence electrons. The maximum absolute atomic E-state index is 6.09. The first-order chi connectivity index (χ1) is 10.9. The normalized spacial score (nSPS) is 10.5. The van der Waals surface area contributed by atoms with Gasteiger partial charge in [-0.05, 0) is 0 Å². The predicted molar refractivity (Wildman–Crippen MR) is 139 cm³/mol. The molecule has 0 atom stereocenters. The van der Waals surface area contributed by atoms with E-state index in [1.54, 1.807) is 0 Å². The van der Waals surface area contributed by atoms with Crippen LogP contribution >= 0.6 is 8.73 Å². The molecule has 0 aromatic carbocycles. The molecule has 23 heavy (non-hydrogen) atoms. The Morgan fingerprint density at radius 1 is 0.826 bits per heavy atom. The summed E-state index contributed by atoms with van der Waals surface area (Å²) < 4.78 is 0. The third-order valence-corrected chi connectivity index (χ3v) is 9.27. The van der Waals surface area contributed by atoms with Crippen molar-refractivity contribution in [2.45, 2.75) is 58.3 Å². The SMILES string of the molecule is [10B-][10BH][10B]([10BH2])S(=[10B][10B]([10BH2])[10BH2])(=[10B][10B]([10BH2])[10BH2])CCCCCCCCCC. The average molecular weight is 305 g/mol. The predicted octanol–water partition coefficient (Wildman–Crippen LogP) is -3.19. The minimum absolute atomic E-state index is 0.622. The zero-order chi connectivity index (χ0) is 17.7. The van der Waals surface area contributed by atoms with Crippen molar-refractivity contribution in [3.05, 3.63) is 0 Å². The molecule has 3 radical (unpaired) electrons. The summed E-state index contributed by atoms with van der Waals surface area (Å²) in [6.45, 7) is 2.29. The van der Waals surface area contributed by atoms with Gasteiger partial charge in [0.05, 0.1) is 0 Å². The zero-order valence-corrected chi connectivity index (χ0v) is 17.8. The Kier molecular flexibility index (Phi) is 15.0. The van der Waals surface area contributed by atoms with Gasteiger partial charge in [0.15, 0.2) is 0 Å². The Morgan fingerprint density at radius 3 is 1.65 bits per heavy atom. The molecule has 0 aliphatic rings. The standard InChI is InChI=1S/C10H32B12S/c1-2-3-4-5-6-7-8-9-10-23(18-20(12)13,19-21(14)15)22(16)17-11/h17H,2-10,12-16H2,1H3/q-1/i11-1,12-1,13-1,14-1,15-1,16-1,17-1,18-1,19-1,20-1,21-1,22-1. The summed E-state index contributed by atoms with van der Waals surface area (Å²) in [7, 11) is 17.8. The van der Waals surface area contributed by atoms with Crippen molar-refractivity contribution in [2.75, 3.05) is 5.75 Å². The first kappa shape index (κ1) is 24.1. The molecule has 0 saturated heterocycles. The molecule has 0 unspecified atom stereocenters. The molecule has 0 spiro atoms. The molecule has 0 aromatic heterocycles. The van der Waals surface area contributed by atoms with Crippen molar-refractivity contribution in [1.29, 1.82) is 0 Å². The summed E-state index contributed by atoms with van der Waals surface area (Å²) in [5.74, 6) is 1.98. The number of hydrogen-bond donors (Lipinski definition) is 0. The molecule has 0 aromatic rings. The van der Waals surface area contributed by atoms with Crippen LogP contribution in [0.25, 0.3) is 0 Å². The monoisotopic (exact) mass is 304 g/mol. The van der Waals surface area contributed by atoms with Gasteiger partial charge in [0.2, 0.25) is 0 Å². The molecule has 0 N–H and O–H groups in total. The molecule has 13 heteroatoms. The Hall–Kier alpha value is 1.13. The van der Waals surface area contributed by atoms with Gasteiger partial charge >= 0.3 is 157 Å². The molecule has 0 aliphatic heterocycles. The summed E-state index contributed by atoms with van der Waals surface area (Å²) in [4.78, 5) is 0. The topological polar surface area (TPSA) is 0 Å². The minimum atomic E-state index is -0.800. The Balaban J connectivity index is 4.67. The summed E-state index contributed by atoms with van der Waals surface area (Å²) in [6.07, 6.45) is 12.5. The van der Waals surface area contributed by atoms with E-state index in [4.69, 9.17) is 7.74 Å². The van der Waals surface area contributed by atoms with Gasteiger partial charge in [-0.2, -0.15) is 0 Å². The molecule has 0 bridgehead atoms. The Morgan fingerprint density at radius 2 is 1.26 bits per heavy atom. The molecular formula is C10H32B12S-. The van der Waals surface area contributed by atoms with Crippen LogP contribution < -0.4 is 0 Å². The van der Waals surface area contributed by atoms with Crippen LogP contribution in [-0.4, -0.2) is 89.9 Å². The quantitative estimate of drug-likeness (QED) is 0.249. The summed E-state index contributed by atoms with van der Waals surface area (Å²) >= 11 is 0. The van der Waals surface area contributed by atoms with Crippen molar-refractivity contribution in [3.63, 3.8) is 0 Å². The fourth-order valence-electron chi connectivity index (χ4n) is 3.33. The van der Waals surface area contributed by atoms with Crippen LogP contribution in [0.3, 0.4) is 0 Å². The second-order valence-corrected chi connectivity index (χ2v) is 11.5. The van der Waals surface area contributed by atoms with Gasteiger partial charge in [-0.3, -0.25) is 0 Å². The fraction of sp³-hybridized carbons (Fsp3) is 1.00. The van der Waals surface area contributed by atoms with Crippen molar-refractivity contribution in [1.82, 2.24) is 0 Å². The number of rotatable bonds is 13. The van der Waals surface area contributed by atoms with Gasteiger partial charge in [-0.15, -0.1) is 0 Å². The van der Waals surface area contributed by atoms with Gasteiger partial charge in [-0.1, -0.05) is 0 Å². The van der Waals surface area contributed by atoms with Crippen molar-refractivity contribution in [2.24, 2.45) is 0 Å². The molecule has 0 aliphatic carbocycles. The van der Waals surface area contributed by atoms with E-state index < -0.39 is 8.73 Å². The molecule has 0 amide bonds. The van der Waals surface area contributed by atoms with Gasteiger partial charge in [0.25, 0.3) is 0 Å². The van der Waals surface area contributed by atoms with Crippen LogP contribution in [-0.2, 0) is 0 Å². The third kappa shape index (κ3) is 11.4. The number of unbranched alkanes of at least 4 members (excludes halogenated alkanes) is 7. The van der Waals surface area contributed by atoms with E-state index in [1.807, 2.05) is 0 Å². The van der Waals surface area contributed by atoms with Crippen LogP contribution in [0, 0.1) is 0 Å². The van der Waals surface area contributed by atoms with E-state index in [1.165, 1.54) is 57.1 Å².